The zero-order valence-corrected chi connectivity index (χ0v) is 12.2. The second-order valence-electron chi connectivity index (χ2n) is 4.55. The average molecular weight is 297 g/mol. The largest absolute Gasteiger partial charge is 0.486 e. The molecule has 0 spiro atoms. The SMILES string of the molecule is S=CC1NN=C(COc2ccccc2)N1c1ccccc1. The van der Waals surface area contributed by atoms with Crippen molar-refractivity contribution in [1.29, 1.82) is 0 Å². The van der Waals surface area contributed by atoms with Crippen molar-refractivity contribution < 1.29 is 4.74 Å². The van der Waals surface area contributed by atoms with Gasteiger partial charge >= 0.3 is 0 Å². The van der Waals surface area contributed by atoms with Gasteiger partial charge in [-0.2, -0.15) is 5.10 Å². The van der Waals surface area contributed by atoms with Crippen LogP contribution in [-0.4, -0.2) is 24.0 Å². The molecular formula is C16H15N3OS. The van der Waals surface area contributed by atoms with Gasteiger partial charge in [-0.05, 0) is 24.3 Å². The maximum absolute atomic E-state index is 5.77. The number of anilines is 1. The number of hydrogen-bond acceptors (Lipinski definition) is 5. The summed E-state index contributed by atoms with van der Waals surface area (Å²) in [7, 11) is 0. The van der Waals surface area contributed by atoms with Crippen LogP contribution in [0, 0.1) is 0 Å². The number of benzene rings is 2. The second-order valence-corrected chi connectivity index (χ2v) is 4.82. The first-order valence-electron chi connectivity index (χ1n) is 6.68. The smallest absolute Gasteiger partial charge is 0.169 e. The zero-order valence-electron chi connectivity index (χ0n) is 11.3. The molecule has 0 saturated heterocycles. The second kappa shape index (κ2) is 6.37. The Hall–Kier alpha value is -2.40. The molecular weight excluding hydrogens is 282 g/mol. The van der Waals surface area contributed by atoms with Gasteiger partial charge in [0.05, 0.1) is 0 Å². The first-order valence-corrected chi connectivity index (χ1v) is 7.15. The molecule has 0 fully saturated rings. The summed E-state index contributed by atoms with van der Waals surface area (Å²) in [5.74, 6) is 1.62. The first-order chi connectivity index (χ1) is 10.4. The molecule has 3 rings (SSSR count). The minimum Gasteiger partial charge on any atom is -0.486 e. The summed E-state index contributed by atoms with van der Waals surface area (Å²) in [5.41, 5.74) is 4.05. The number of hydrogen-bond donors (Lipinski definition) is 1. The van der Waals surface area contributed by atoms with Crippen molar-refractivity contribution in [3.05, 3.63) is 60.7 Å². The normalized spacial score (nSPS) is 17.0. The highest BCUT2D eigenvalue weighted by atomic mass is 32.1. The van der Waals surface area contributed by atoms with Crippen LogP contribution in [0.3, 0.4) is 0 Å². The van der Waals surface area contributed by atoms with Crippen molar-refractivity contribution in [2.45, 2.75) is 6.17 Å². The molecule has 0 amide bonds. The molecule has 1 aliphatic heterocycles. The van der Waals surface area contributed by atoms with E-state index in [-0.39, 0.29) is 6.17 Å². The monoisotopic (exact) mass is 297 g/mol. The van der Waals surface area contributed by atoms with E-state index in [0.29, 0.717) is 6.61 Å². The predicted octanol–water partition coefficient (Wildman–Crippen LogP) is 2.81. The van der Waals surface area contributed by atoms with Crippen molar-refractivity contribution in [2.75, 3.05) is 11.5 Å². The summed E-state index contributed by atoms with van der Waals surface area (Å²) < 4.78 is 5.77. The fourth-order valence-electron chi connectivity index (χ4n) is 2.17. The number of para-hydroxylation sites is 2. The molecule has 2 aromatic rings. The third-order valence-corrected chi connectivity index (χ3v) is 3.41. The van der Waals surface area contributed by atoms with Crippen molar-refractivity contribution in [1.82, 2.24) is 5.43 Å². The average Bonchev–Trinajstić information content (AvgIpc) is 2.97. The third-order valence-electron chi connectivity index (χ3n) is 3.16. The minimum absolute atomic E-state index is 0.128. The molecule has 1 unspecified atom stereocenters. The van der Waals surface area contributed by atoms with Gasteiger partial charge in [0.2, 0.25) is 0 Å². The summed E-state index contributed by atoms with van der Waals surface area (Å²) >= 11 is 5.08. The van der Waals surface area contributed by atoms with Crippen LogP contribution >= 0.6 is 12.2 Å². The molecule has 1 heterocycles. The molecule has 21 heavy (non-hydrogen) atoms. The standard InChI is InChI=1S/C16H15N3OS/c21-12-16-18-17-15(11-20-14-9-5-2-6-10-14)19(16)13-7-3-1-4-8-13/h1-10,12,16,18H,11H2. The highest BCUT2D eigenvalue weighted by molar-refractivity contribution is 7.79. The molecule has 0 bridgehead atoms. The van der Waals surface area contributed by atoms with Crippen molar-refractivity contribution in [3.63, 3.8) is 0 Å². The first kappa shape index (κ1) is 13.6. The molecule has 1 aliphatic rings. The molecule has 1 atom stereocenters. The van der Waals surface area contributed by atoms with Gasteiger partial charge in [0.15, 0.2) is 5.84 Å². The Morgan fingerprint density at radius 2 is 1.76 bits per heavy atom. The summed E-state index contributed by atoms with van der Waals surface area (Å²) in [6.45, 7) is 0.381. The van der Waals surface area contributed by atoms with Crippen LogP contribution in [0.15, 0.2) is 65.8 Å². The van der Waals surface area contributed by atoms with E-state index in [1.54, 1.807) is 5.37 Å². The van der Waals surface area contributed by atoms with Crippen molar-refractivity contribution >= 4 is 29.1 Å². The van der Waals surface area contributed by atoms with Gasteiger partial charge in [0, 0.05) is 11.1 Å². The predicted molar refractivity (Wildman–Crippen MR) is 88.9 cm³/mol. The van der Waals surface area contributed by atoms with Gasteiger partial charge < -0.3 is 4.74 Å². The van der Waals surface area contributed by atoms with Crippen molar-refractivity contribution in [2.24, 2.45) is 5.10 Å². The fraction of sp³-hybridized carbons (Fsp3) is 0.125. The number of hydrazone groups is 1. The highest BCUT2D eigenvalue weighted by Gasteiger charge is 2.27. The Balaban J connectivity index is 1.76. The third kappa shape index (κ3) is 3.03. The minimum atomic E-state index is -0.128. The number of nitrogens with one attached hydrogen (secondary N) is 1. The van der Waals surface area contributed by atoms with E-state index in [0.717, 1.165) is 17.3 Å². The number of amidine groups is 1. The van der Waals surface area contributed by atoms with Crippen LogP contribution in [-0.2, 0) is 0 Å². The summed E-state index contributed by atoms with van der Waals surface area (Å²) in [4.78, 5) is 2.04. The van der Waals surface area contributed by atoms with Gasteiger partial charge in [-0.25, -0.2) is 0 Å². The Bertz CT molecular complexity index is 630. The topological polar surface area (TPSA) is 36.9 Å². The number of nitrogens with zero attached hydrogens (tertiary/aromatic N) is 2. The van der Waals surface area contributed by atoms with E-state index >= 15 is 0 Å². The molecule has 0 aromatic heterocycles. The molecule has 106 valence electrons. The molecule has 0 radical (unpaired) electrons. The Morgan fingerprint density at radius 3 is 2.43 bits per heavy atom. The summed E-state index contributed by atoms with van der Waals surface area (Å²) in [6, 6.07) is 19.7. The quantitative estimate of drug-likeness (QED) is 0.861. The molecule has 2 aromatic carbocycles. The van der Waals surface area contributed by atoms with Crippen LogP contribution in [0.2, 0.25) is 0 Å². The highest BCUT2D eigenvalue weighted by Crippen LogP contribution is 2.19. The number of ether oxygens (including phenoxy) is 1. The van der Waals surface area contributed by atoms with E-state index in [2.05, 4.69) is 10.5 Å². The van der Waals surface area contributed by atoms with Gasteiger partial charge in [0.25, 0.3) is 0 Å². The molecule has 4 nitrogen and oxygen atoms in total. The Labute approximate surface area is 129 Å². The van der Waals surface area contributed by atoms with Gasteiger partial charge in [-0.15, -0.1) is 0 Å². The molecule has 0 aliphatic carbocycles. The van der Waals surface area contributed by atoms with Crippen LogP contribution < -0.4 is 15.1 Å². The van der Waals surface area contributed by atoms with Crippen LogP contribution in [0.4, 0.5) is 5.69 Å². The maximum atomic E-state index is 5.77. The van der Waals surface area contributed by atoms with Gasteiger partial charge in [0.1, 0.15) is 18.5 Å². The van der Waals surface area contributed by atoms with E-state index in [1.165, 1.54) is 0 Å². The molecule has 0 saturated carbocycles. The van der Waals surface area contributed by atoms with E-state index in [9.17, 15) is 0 Å². The lowest BCUT2D eigenvalue weighted by Gasteiger charge is -2.24. The molecule has 5 heteroatoms. The summed E-state index contributed by atoms with van der Waals surface area (Å²) in [6.07, 6.45) is -0.128. The molecule has 1 N–H and O–H groups in total. The van der Waals surface area contributed by atoms with Gasteiger partial charge in [-0.1, -0.05) is 48.6 Å². The zero-order chi connectivity index (χ0) is 14.5. The number of thiocarbonyl (C=S) groups is 1. The number of rotatable bonds is 5. The van der Waals surface area contributed by atoms with Crippen LogP contribution in [0.5, 0.6) is 5.75 Å². The van der Waals surface area contributed by atoms with Gasteiger partial charge in [-0.3, -0.25) is 10.3 Å². The lowest BCUT2D eigenvalue weighted by atomic mass is 10.2. The van der Waals surface area contributed by atoms with Crippen molar-refractivity contribution in [3.8, 4) is 5.75 Å². The fourth-order valence-corrected chi connectivity index (χ4v) is 2.35. The van der Waals surface area contributed by atoms with E-state index < -0.39 is 0 Å². The van der Waals surface area contributed by atoms with E-state index in [4.69, 9.17) is 17.0 Å². The lowest BCUT2D eigenvalue weighted by molar-refractivity contribution is 0.375. The van der Waals surface area contributed by atoms with Crippen LogP contribution in [0.1, 0.15) is 0 Å². The van der Waals surface area contributed by atoms with Crippen LogP contribution in [0.25, 0.3) is 0 Å². The lowest BCUT2D eigenvalue weighted by Crippen LogP contribution is -2.42. The Morgan fingerprint density at radius 1 is 1.10 bits per heavy atom. The van der Waals surface area contributed by atoms with E-state index in [1.807, 2.05) is 65.6 Å². The Kier molecular flexibility index (Phi) is 4.12. The summed E-state index contributed by atoms with van der Waals surface area (Å²) in [5, 5.41) is 5.99. The maximum Gasteiger partial charge on any atom is 0.169 e.